The second-order valence-electron chi connectivity index (χ2n) is 7.83. The molecule has 0 spiro atoms. The zero-order valence-corrected chi connectivity index (χ0v) is 17.2. The Labute approximate surface area is 174 Å². The van der Waals surface area contributed by atoms with Crippen molar-refractivity contribution < 1.29 is 9.18 Å². The molecule has 1 amide bonds. The molecule has 0 bridgehead atoms. The smallest absolute Gasteiger partial charge is 0.241 e. The number of rotatable bonds is 4. The van der Waals surface area contributed by atoms with E-state index in [1.54, 1.807) is 29.4 Å². The normalized spacial score (nSPS) is 14.5. The molecule has 0 saturated heterocycles. The van der Waals surface area contributed by atoms with Gasteiger partial charge in [0.25, 0.3) is 0 Å². The Morgan fingerprint density at radius 1 is 1.10 bits per heavy atom. The highest BCUT2D eigenvalue weighted by Crippen LogP contribution is 2.39. The van der Waals surface area contributed by atoms with Crippen molar-refractivity contribution in [2.75, 3.05) is 11.9 Å². The Bertz CT molecular complexity index is 1110. The molecular formula is C23H24FN5O. The van der Waals surface area contributed by atoms with E-state index < -0.39 is 5.54 Å². The number of carbonyl (C=O) groups is 1. The monoisotopic (exact) mass is 405 g/mol. The van der Waals surface area contributed by atoms with Crippen LogP contribution in [-0.2, 0) is 10.3 Å². The van der Waals surface area contributed by atoms with Gasteiger partial charge in [-0.1, -0.05) is 17.7 Å². The number of aryl methyl sites for hydroxylation is 1. The number of nitrogens with zero attached hydrogens (tertiary/aromatic N) is 3. The molecule has 0 fully saturated rings. The fourth-order valence-corrected chi connectivity index (χ4v) is 3.63. The molecule has 3 aromatic rings. The van der Waals surface area contributed by atoms with Crippen molar-refractivity contribution >= 4 is 23.6 Å². The highest BCUT2D eigenvalue weighted by molar-refractivity contribution is 5.83. The lowest BCUT2D eigenvalue weighted by atomic mass is 10.0. The summed E-state index contributed by atoms with van der Waals surface area (Å²) in [6.45, 7) is 5.79. The second-order valence-corrected chi connectivity index (χ2v) is 7.83. The van der Waals surface area contributed by atoms with Crippen LogP contribution in [0.15, 0.2) is 54.7 Å². The van der Waals surface area contributed by atoms with Crippen LogP contribution in [-0.4, -0.2) is 26.9 Å². The standard InChI is InChI=1S/C23H24FN5O/c1-15-4-10-18(11-5-15)26-21-20(16-6-8-17(24)9-7-16)27-22-23(2,3)29(19(30)14-25)13-12-28(21)22/h4-13,26H,14,25H2,1-3H3. The van der Waals surface area contributed by atoms with Gasteiger partial charge >= 0.3 is 0 Å². The Hall–Kier alpha value is -3.45. The van der Waals surface area contributed by atoms with Crippen molar-refractivity contribution in [3.63, 3.8) is 0 Å². The van der Waals surface area contributed by atoms with E-state index in [1.165, 1.54) is 12.1 Å². The van der Waals surface area contributed by atoms with Crippen LogP contribution in [0.1, 0.15) is 25.2 Å². The number of aromatic nitrogens is 2. The molecule has 2 heterocycles. The summed E-state index contributed by atoms with van der Waals surface area (Å²) in [6, 6.07) is 14.2. The van der Waals surface area contributed by atoms with Gasteiger partial charge in [0.05, 0.1) is 6.54 Å². The number of halogens is 1. The fourth-order valence-electron chi connectivity index (χ4n) is 3.63. The molecule has 0 aliphatic carbocycles. The van der Waals surface area contributed by atoms with Crippen LogP contribution in [0.25, 0.3) is 17.5 Å². The van der Waals surface area contributed by atoms with Gasteiger partial charge in [-0.05, 0) is 57.2 Å². The molecule has 6 nitrogen and oxygen atoms in total. The third-order valence-corrected chi connectivity index (χ3v) is 5.30. The molecule has 1 aliphatic rings. The Kier molecular flexibility index (Phi) is 4.91. The van der Waals surface area contributed by atoms with Gasteiger partial charge in [0, 0.05) is 23.7 Å². The summed E-state index contributed by atoms with van der Waals surface area (Å²) >= 11 is 0. The van der Waals surface area contributed by atoms with E-state index in [2.05, 4.69) is 5.32 Å². The SMILES string of the molecule is Cc1ccc(Nc2c(-c3ccc(F)cc3)nc3n2C=CN(C(=O)CN)C3(C)C)cc1. The largest absolute Gasteiger partial charge is 0.339 e. The number of carbonyl (C=O) groups excluding carboxylic acids is 1. The third kappa shape index (κ3) is 3.37. The van der Waals surface area contributed by atoms with Crippen LogP contribution in [0.4, 0.5) is 15.9 Å². The Morgan fingerprint density at radius 3 is 2.40 bits per heavy atom. The molecule has 1 aliphatic heterocycles. The minimum atomic E-state index is -0.715. The summed E-state index contributed by atoms with van der Waals surface area (Å²) in [5.41, 5.74) is 8.39. The highest BCUT2D eigenvalue weighted by atomic mass is 19.1. The quantitative estimate of drug-likeness (QED) is 0.682. The molecule has 0 unspecified atom stereocenters. The van der Waals surface area contributed by atoms with Gasteiger partial charge < -0.3 is 16.0 Å². The lowest BCUT2D eigenvalue weighted by molar-refractivity contribution is -0.132. The summed E-state index contributed by atoms with van der Waals surface area (Å²) in [5, 5.41) is 3.44. The van der Waals surface area contributed by atoms with Crippen molar-refractivity contribution in [1.82, 2.24) is 14.5 Å². The zero-order valence-electron chi connectivity index (χ0n) is 17.2. The molecule has 0 radical (unpaired) electrons. The molecule has 154 valence electrons. The van der Waals surface area contributed by atoms with Crippen LogP contribution in [0.2, 0.25) is 0 Å². The van der Waals surface area contributed by atoms with E-state index in [-0.39, 0.29) is 18.3 Å². The van der Waals surface area contributed by atoms with Crippen molar-refractivity contribution in [1.29, 1.82) is 0 Å². The summed E-state index contributed by atoms with van der Waals surface area (Å²) in [6.07, 6.45) is 3.52. The van der Waals surface area contributed by atoms with E-state index in [1.807, 2.05) is 49.6 Å². The van der Waals surface area contributed by atoms with E-state index in [4.69, 9.17) is 10.7 Å². The third-order valence-electron chi connectivity index (χ3n) is 5.30. The first kappa shape index (κ1) is 19.8. The minimum Gasteiger partial charge on any atom is -0.339 e. The maximum atomic E-state index is 13.5. The van der Waals surface area contributed by atoms with Crippen molar-refractivity contribution in [2.24, 2.45) is 5.73 Å². The second kappa shape index (κ2) is 7.42. The summed E-state index contributed by atoms with van der Waals surface area (Å²) < 4.78 is 15.4. The van der Waals surface area contributed by atoms with Crippen molar-refractivity contribution in [3.8, 4) is 11.3 Å². The molecule has 2 aromatic carbocycles. The van der Waals surface area contributed by atoms with Crippen molar-refractivity contribution in [3.05, 3.63) is 71.9 Å². The maximum absolute atomic E-state index is 13.5. The number of benzene rings is 2. The summed E-state index contributed by atoms with van der Waals surface area (Å²) in [5.74, 6) is 0.919. The van der Waals surface area contributed by atoms with E-state index in [0.717, 1.165) is 22.6 Å². The van der Waals surface area contributed by atoms with Gasteiger partial charge in [-0.15, -0.1) is 0 Å². The van der Waals surface area contributed by atoms with Gasteiger partial charge in [-0.2, -0.15) is 0 Å². The fraction of sp³-hybridized carbons (Fsp3) is 0.217. The lowest BCUT2D eigenvalue weighted by Gasteiger charge is -2.38. The molecule has 30 heavy (non-hydrogen) atoms. The predicted octanol–water partition coefficient (Wildman–Crippen LogP) is 4.21. The number of anilines is 2. The average Bonchev–Trinajstić information content (AvgIpc) is 3.09. The zero-order chi connectivity index (χ0) is 21.5. The van der Waals surface area contributed by atoms with Crippen LogP contribution >= 0.6 is 0 Å². The molecule has 3 N–H and O–H groups in total. The Balaban J connectivity index is 1.87. The first-order valence-corrected chi connectivity index (χ1v) is 9.74. The molecular weight excluding hydrogens is 381 g/mol. The minimum absolute atomic E-state index is 0.0895. The number of hydrogen-bond donors (Lipinski definition) is 2. The van der Waals surface area contributed by atoms with Gasteiger partial charge in [-0.3, -0.25) is 9.36 Å². The van der Waals surface area contributed by atoms with E-state index >= 15 is 0 Å². The maximum Gasteiger partial charge on any atom is 0.241 e. The van der Waals surface area contributed by atoms with E-state index in [0.29, 0.717) is 11.5 Å². The molecule has 0 saturated carbocycles. The lowest BCUT2D eigenvalue weighted by Crippen LogP contribution is -2.47. The topological polar surface area (TPSA) is 76.2 Å². The van der Waals surface area contributed by atoms with Crippen LogP contribution in [0.5, 0.6) is 0 Å². The number of nitrogens with two attached hydrogens (primary N) is 1. The Morgan fingerprint density at radius 2 is 1.77 bits per heavy atom. The number of imidazole rings is 1. The molecule has 7 heteroatoms. The van der Waals surface area contributed by atoms with Gasteiger partial charge in [0.1, 0.15) is 28.7 Å². The predicted molar refractivity (Wildman–Crippen MR) is 116 cm³/mol. The van der Waals surface area contributed by atoms with Gasteiger partial charge in [-0.25, -0.2) is 9.37 Å². The molecule has 0 atom stereocenters. The first-order valence-electron chi connectivity index (χ1n) is 9.74. The summed E-state index contributed by atoms with van der Waals surface area (Å²) in [4.78, 5) is 18.8. The molecule has 1 aromatic heterocycles. The first-order chi connectivity index (χ1) is 14.3. The molecule has 4 rings (SSSR count). The van der Waals surface area contributed by atoms with Crippen molar-refractivity contribution in [2.45, 2.75) is 26.3 Å². The number of nitrogens with one attached hydrogen (secondary N) is 1. The van der Waals surface area contributed by atoms with Crippen LogP contribution in [0.3, 0.4) is 0 Å². The number of hydrogen-bond acceptors (Lipinski definition) is 4. The van der Waals surface area contributed by atoms with Crippen LogP contribution < -0.4 is 11.1 Å². The van der Waals surface area contributed by atoms with Gasteiger partial charge in [0.15, 0.2) is 0 Å². The summed E-state index contributed by atoms with van der Waals surface area (Å²) in [7, 11) is 0. The average molecular weight is 405 g/mol. The number of fused-ring (bicyclic) bond motifs is 1. The van der Waals surface area contributed by atoms with E-state index in [9.17, 15) is 9.18 Å². The highest BCUT2D eigenvalue weighted by Gasteiger charge is 2.39. The number of amides is 1. The van der Waals surface area contributed by atoms with Gasteiger partial charge in [0.2, 0.25) is 5.91 Å². The van der Waals surface area contributed by atoms with Crippen LogP contribution in [0, 0.1) is 12.7 Å².